The second-order valence-electron chi connectivity index (χ2n) is 11.2. The molecule has 0 unspecified atom stereocenters. The molecular weight excluding hydrogens is 624 g/mol. The summed E-state index contributed by atoms with van der Waals surface area (Å²) in [6.45, 7) is 15.9. The minimum atomic E-state index is 0.430. The van der Waals surface area contributed by atoms with Crippen LogP contribution >= 0.6 is 0 Å². The zero-order valence-corrected chi connectivity index (χ0v) is 27.1. The summed E-state index contributed by atoms with van der Waals surface area (Å²) in [5.74, 6) is 2.31. The van der Waals surface area contributed by atoms with E-state index in [0.29, 0.717) is 62.2 Å². The first-order chi connectivity index (χ1) is 24.4. The molecule has 50 heavy (non-hydrogen) atoms. The molecule has 6 aromatic rings. The Morgan fingerprint density at radius 2 is 1.02 bits per heavy atom. The van der Waals surface area contributed by atoms with E-state index in [1.807, 2.05) is 18.2 Å². The number of carbonyl (C=O) groups excluding carboxylic acids is 3. The highest BCUT2D eigenvalue weighted by Crippen LogP contribution is 2.32. The molecule has 0 amide bonds. The lowest BCUT2D eigenvalue weighted by molar-refractivity contribution is 0.111. The third-order valence-electron chi connectivity index (χ3n) is 7.61. The van der Waals surface area contributed by atoms with Gasteiger partial charge in [0.2, 0.25) is 0 Å². The van der Waals surface area contributed by atoms with E-state index in [9.17, 15) is 14.4 Å². The smallest absolute Gasteiger partial charge is 0.187 e. The van der Waals surface area contributed by atoms with Crippen LogP contribution in [0.4, 0.5) is 11.4 Å². The molecule has 0 N–H and O–H groups in total. The predicted molar refractivity (Wildman–Crippen MR) is 194 cm³/mol. The lowest BCUT2D eigenvalue weighted by Gasteiger charge is -2.13. The quantitative estimate of drug-likeness (QED) is 0.108. The number of hydrogen-bond acceptors (Lipinski definition) is 5. The Balaban J connectivity index is 0.000000240. The van der Waals surface area contributed by atoms with E-state index in [1.54, 1.807) is 91.0 Å². The Kier molecular flexibility index (Phi) is 11.4. The molecule has 0 aliphatic rings. The van der Waals surface area contributed by atoms with Gasteiger partial charge in [-0.15, -0.1) is 0 Å². The Hall–Kier alpha value is -7.09. The van der Waals surface area contributed by atoms with Gasteiger partial charge in [-0.1, -0.05) is 78.4 Å². The lowest BCUT2D eigenvalue weighted by atomic mass is 9.93. The summed E-state index contributed by atoms with van der Waals surface area (Å²) < 4.78 is 11.4. The minimum Gasteiger partial charge on any atom is -0.457 e. The maximum Gasteiger partial charge on any atom is 0.187 e. The highest BCUT2D eigenvalue weighted by Gasteiger charge is 2.12. The summed E-state index contributed by atoms with van der Waals surface area (Å²) in [7, 11) is 0. The first kappa shape index (κ1) is 34.3. The highest BCUT2D eigenvalue weighted by atomic mass is 16.5. The molecule has 242 valence electrons. The van der Waals surface area contributed by atoms with Gasteiger partial charge in [-0.05, 0) is 96.3 Å². The van der Waals surface area contributed by atoms with Gasteiger partial charge >= 0.3 is 0 Å². The number of carbonyl (C=O) groups is 3. The van der Waals surface area contributed by atoms with Gasteiger partial charge in [-0.3, -0.25) is 14.4 Å². The highest BCUT2D eigenvalue weighted by molar-refractivity contribution is 5.95. The van der Waals surface area contributed by atoms with Crippen molar-refractivity contribution >= 4 is 30.2 Å². The first-order valence-corrected chi connectivity index (χ1v) is 15.5. The van der Waals surface area contributed by atoms with Crippen molar-refractivity contribution in [3.63, 3.8) is 0 Å². The molecular formula is C43H30N2O5. The van der Waals surface area contributed by atoms with Crippen molar-refractivity contribution in [2.75, 3.05) is 0 Å². The number of nitrogens with zero attached hydrogens (tertiary/aromatic N) is 2. The molecule has 0 aliphatic heterocycles. The normalized spacial score (nSPS) is 9.98. The second-order valence-corrected chi connectivity index (χ2v) is 11.2. The van der Waals surface area contributed by atoms with E-state index < -0.39 is 0 Å². The number of rotatable bonds is 10. The fraction of sp³-hybridized carbons (Fsp3) is 0.0465. The molecule has 6 rings (SSSR count). The maximum atomic E-state index is 11.9. The number of benzene rings is 6. The molecule has 0 aromatic heterocycles. The minimum absolute atomic E-state index is 0.430. The van der Waals surface area contributed by atoms with Gasteiger partial charge in [0, 0.05) is 16.7 Å². The van der Waals surface area contributed by atoms with Crippen molar-refractivity contribution in [3.8, 4) is 34.1 Å². The van der Waals surface area contributed by atoms with Crippen molar-refractivity contribution in [3.05, 3.63) is 190 Å². The fourth-order valence-corrected chi connectivity index (χ4v) is 5.05. The molecule has 0 heterocycles. The van der Waals surface area contributed by atoms with Crippen LogP contribution < -0.4 is 9.47 Å². The van der Waals surface area contributed by atoms with Crippen LogP contribution in [0.25, 0.3) is 20.8 Å². The van der Waals surface area contributed by atoms with Crippen LogP contribution in [0.3, 0.4) is 0 Å². The summed E-state index contributed by atoms with van der Waals surface area (Å²) in [6, 6.07) is 39.8. The first-order valence-electron chi connectivity index (χ1n) is 15.5. The van der Waals surface area contributed by atoms with Crippen LogP contribution in [-0.2, 0) is 6.42 Å². The van der Waals surface area contributed by atoms with E-state index in [0.717, 1.165) is 30.8 Å². The van der Waals surface area contributed by atoms with Crippen LogP contribution in [0.5, 0.6) is 23.0 Å². The SMILES string of the molecule is [C-]#[N+]c1ccc(Oc2ccc(-c3ccc(Cc4ccc(C)cc4)cc3C=O)c(C=O)c2)cc1.[C-]#[N+]c1ccc(Oc2cccc(C=O)c2)cc1. The Labute approximate surface area is 290 Å². The Bertz CT molecular complexity index is 2210. The summed E-state index contributed by atoms with van der Waals surface area (Å²) >= 11 is 0. The summed E-state index contributed by atoms with van der Waals surface area (Å²) in [5, 5.41) is 0. The average molecular weight is 655 g/mol. The molecule has 0 fully saturated rings. The van der Waals surface area contributed by atoms with Crippen LogP contribution in [0.1, 0.15) is 47.8 Å². The van der Waals surface area contributed by atoms with Crippen molar-refractivity contribution in [2.45, 2.75) is 13.3 Å². The maximum absolute atomic E-state index is 11.9. The third kappa shape index (κ3) is 9.04. The van der Waals surface area contributed by atoms with E-state index >= 15 is 0 Å². The molecule has 0 saturated heterocycles. The summed E-state index contributed by atoms with van der Waals surface area (Å²) in [6.07, 6.45) is 3.08. The molecule has 0 aliphatic carbocycles. The van der Waals surface area contributed by atoms with E-state index in [1.165, 1.54) is 11.1 Å². The molecule has 0 saturated carbocycles. The molecule has 0 atom stereocenters. The van der Waals surface area contributed by atoms with Gasteiger partial charge in [0.1, 0.15) is 29.3 Å². The van der Waals surface area contributed by atoms with Gasteiger partial charge in [0.25, 0.3) is 0 Å². The van der Waals surface area contributed by atoms with Crippen LogP contribution in [-0.4, -0.2) is 18.9 Å². The number of aryl methyl sites for hydroxylation is 1. The van der Waals surface area contributed by atoms with Gasteiger partial charge in [-0.25, -0.2) is 9.69 Å². The molecule has 7 heteroatoms. The fourth-order valence-electron chi connectivity index (χ4n) is 5.05. The standard InChI is InChI=1S/C29H21NO3.C14H9NO2/c1-20-3-5-21(6-4-20)15-22-7-13-28(23(16-22)18-31)29-14-12-27(17-24(29)19-32)33-26-10-8-25(30-2)9-11-26;1-15-12-5-7-13(8-6-12)17-14-4-2-3-11(9-14)10-16/h3-14,16-19H,15H2,1H3;2-10H. The zero-order chi connectivity index (χ0) is 35.3. The van der Waals surface area contributed by atoms with Gasteiger partial charge < -0.3 is 9.47 Å². The van der Waals surface area contributed by atoms with E-state index in [2.05, 4.69) is 40.9 Å². The number of ether oxygens (including phenoxy) is 2. The molecule has 0 spiro atoms. The largest absolute Gasteiger partial charge is 0.457 e. The molecule has 0 bridgehead atoms. The van der Waals surface area contributed by atoms with E-state index in [-0.39, 0.29) is 0 Å². The van der Waals surface area contributed by atoms with Crippen molar-refractivity contribution in [1.29, 1.82) is 0 Å². The monoisotopic (exact) mass is 654 g/mol. The number of hydrogen-bond donors (Lipinski definition) is 0. The van der Waals surface area contributed by atoms with Gasteiger partial charge in [0.15, 0.2) is 23.9 Å². The van der Waals surface area contributed by atoms with Crippen molar-refractivity contribution in [2.24, 2.45) is 0 Å². The Morgan fingerprint density at radius 1 is 0.520 bits per heavy atom. The zero-order valence-electron chi connectivity index (χ0n) is 27.1. The molecule has 0 radical (unpaired) electrons. The average Bonchev–Trinajstić information content (AvgIpc) is 3.16. The number of aldehydes is 3. The van der Waals surface area contributed by atoms with Gasteiger partial charge in [-0.2, -0.15) is 0 Å². The van der Waals surface area contributed by atoms with E-state index in [4.69, 9.17) is 22.6 Å². The second kappa shape index (κ2) is 16.6. The van der Waals surface area contributed by atoms with Gasteiger partial charge in [0.05, 0.1) is 13.1 Å². The Morgan fingerprint density at radius 3 is 1.56 bits per heavy atom. The third-order valence-corrected chi connectivity index (χ3v) is 7.61. The van der Waals surface area contributed by atoms with Crippen molar-refractivity contribution in [1.82, 2.24) is 0 Å². The topological polar surface area (TPSA) is 78.4 Å². The van der Waals surface area contributed by atoms with Crippen molar-refractivity contribution < 1.29 is 23.9 Å². The molecule has 6 aromatic carbocycles. The van der Waals surface area contributed by atoms with Crippen LogP contribution in [0.2, 0.25) is 0 Å². The molecule has 7 nitrogen and oxygen atoms in total. The lowest BCUT2D eigenvalue weighted by Crippen LogP contribution is -1.96. The summed E-state index contributed by atoms with van der Waals surface area (Å²) in [5.41, 5.74) is 7.41. The summed E-state index contributed by atoms with van der Waals surface area (Å²) in [4.78, 5) is 41.0. The predicted octanol–water partition coefficient (Wildman–Crippen LogP) is 11.1. The van der Waals surface area contributed by atoms with Crippen LogP contribution in [0, 0.1) is 20.1 Å². The van der Waals surface area contributed by atoms with Crippen LogP contribution in [0.15, 0.2) is 133 Å².